The molecule has 0 aliphatic carbocycles. The van der Waals surface area contributed by atoms with Crippen molar-refractivity contribution in [3.63, 3.8) is 0 Å². The lowest BCUT2D eigenvalue weighted by molar-refractivity contribution is -0.139. The van der Waals surface area contributed by atoms with Gasteiger partial charge in [0, 0.05) is 11.6 Å². The summed E-state index contributed by atoms with van der Waals surface area (Å²) in [6.07, 6.45) is 1.81. The van der Waals surface area contributed by atoms with Crippen LogP contribution in [0, 0.1) is 5.92 Å². The molecule has 3 N–H and O–H groups in total. The van der Waals surface area contributed by atoms with Gasteiger partial charge >= 0.3 is 5.97 Å². The van der Waals surface area contributed by atoms with Gasteiger partial charge in [0.25, 0.3) is 0 Å². The van der Waals surface area contributed by atoms with Crippen molar-refractivity contribution in [2.75, 3.05) is 0 Å². The monoisotopic (exact) mass is 246 g/mol. The third kappa shape index (κ3) is 4.14. The Balaban J connectivity index is 0.000000187. The number of benzene rings is 1. The number of carboxylic acids is 1. The highest BCUT2D eigenvalue weighted by atomic mass is 16.4. The third-order valence-corrected chi connectivity index (χ3v) is 2.52. The molecule has 1 heterocycles. The SMILES string of the molecule is CC(C)[C@H](N)C(=O)O.c1ccc2ncccc2c1. The Hall–Kier alpha value is -1.94. The number of carboxylic acid groups (broad SMARTS) is 1. The van der Waals surface area contributed by atoms with E-state index in [4.69, 9.17) is 10.8 Å². The molecule has 4 heteroatoms. The van der Waals surface area contributed by atoms with Crippen LogP contribution in [0.2, 0.25) is 0 Å². The van der Waals surface area contributed by atoms with Gasteiger partial charge in [0.15, 0.2) is 0 Å². The predicted octanol–water partition coefficient (Wildman–Crippen LogP) is 2.29. The number of aliphatic carboxylic acids is 1. The van der Waals surface area contributed by atoms with E-state index in [0.717, 1.165) is 5.52 Å². The molecule has 0 saturated carbocycles. The summed E-state index contributed by atoms with van der Waals surface area (Å²) >= 11 is 0. The van der Waals surface area contributed by atoms with Crippen LogP contribution < -0.4 is 5.73 Å². The fourth-order valence-corrected chi connectivity index (χ4v) is 1.30. The molecule has 0 aliphatic heterocycles. The van der Waals surface area contributed by atoms with E-state index in [1.165, 1.54) is 5.39 Å². The van der Waals surface area contributed by atoms with Crippen LogP contribution in [0.1, 0.15) is 13.8 Å². The highest BCUT2D eigenvalue weighted by Crippen LogP contribution is 2.07. The van der Waals surface area contributed by atoms with Crippen LogP contribution in [0.15, 0.2) is 42.6 Å². The average molecular weight is 246 g/mol. The molecule has 1 atom stereocenters. The van der Waals surface area contributed by atoms with Crippen molar-refractivity contribution in [3.8, 4) is 0 Å². The van der Waals surface area contributed by atoms with Gasteiger partial charge in [-0.2, -0.15) is 0 Å². The van der Waals surface area contributed by atoms with Crippen LogP contribution >= 0.6 is 0 Å². The number of fused-ring (bicyclic) bond motifs is 1. The minimum absolute atomic E-state index is 0.0208. The van der Waals surface area contributed by atoms with Crippen molar-refractivity contribution in [3.05, 3.63) is 42.6 Å². The van der Waals surface area contributed by atoms with Gasteiger partial charge < -0.3 is 10.8 Å². The highest BCUT2D eigenvalue weighted by molar-refractivity contribution is 5.77. The third-order valence-electron chi connectivity index (χ3n) is 2.52. The van der Waals surface area contributed by atoms with Crippen LogP contribution in [0.25, 0.3) is 10.9 Å². The Labute approximate surface area is 106 Å². The molecule has 0 fully saturated rings. The van der Waals surface area contributed by atoms with Gasteiger partial charge in [0.05, 0.1) is 5.52 Å². The topological polar surface area (TPSA) is 76.2 Å². The lowest BCUT2D eigenvalue weighted by atomic mass is 10.1. The predicted molar refractivity (Wildman–Crippen MR) is 72.2 cm³/mol. The van der Waals surface area contributed by atoms with Crippen molar-refractivity contribution in [2.24, 2.45) is 11.7 Å². The van der Waals surface area contributed by atoms with Crippen LogP contribution in [-0.4, -0.2) is 22.1 Å². The Kier molecular flexibility index (Phi) is 5.27. The average Bonchev–Trinajstić information content (AvgIpc) is 2.38. The highest BCUT2D eigenvalue weighted by Gasteiger charge is 2.14. The standard InChI is InChI=1S/C9H7N.C5H11NO2/c1-2-6-9-8(4-1)5-3-7-10-9;1-3(2)4(6)5(7)8/h1-7H;3-4H,6H2,1-2H3,(H,7,8)/t;4-/m.0/s1. The van der Waals surface area contributed by atoms with Gasteiger partial charge in [-0.1, -0.05) is 38.1 Å². The van der Waals surface area contributed by atoms with Crippen molar-refractivity contribution in [2.45, 2.75) is 19.9 Å². The normalized spacial score (nSPS) is 11.8. The van der Waals surface area contributed by atoms with Crippen LogP contribution in [0.4, 0.5) is 0 Å². The van der Waals surface area contributed by atoms with E-state index in [1.807, 2.05) is 30.5 Å². The first-order valence-electron chi connectivity index (χ1n) is 5.80. The number of hydrogen-bond donors (Lipinski definition) is 2. The zero-order chi connectivity index (χ0) is 13.5. The summed E-state index contributed by atoms with van der Waals surface area (Å²) in [5.74, 6) is -0.910. The molecule has 2 aromatic rings. The van der Waals surface area contributed by atoms with Crippen molar-refractivity contribution in [1.82, 2.24) is 4.98 Å². The van der Waals surface area contributed by atoms with E-state index >= 15 is 0 Å². The maximum absolute atomic E-state index is 10.0. The van der Waals surface area contributed by atoms with E-state index in [9.17, 15) is 4.79 Å². The summed E-state index contributed by atoms with van der Waals surface area (Å²) in [6, 6.07) is 11.4. The second-order valence-corrected chi connectivity index (χ2v) is 4.30. The molecule has 1 aromatic carbocycles. The maximum Gasteiger partial charge on any atom is 0.320 e. The summed E-state index contributed by atoms with van der Waals surface area (Å²) in [7, 11) is 0. The van der Waals surface area contributed by atoms with Crippen LogP contribution in [-0.2, 0) is 4.79 Å². The smallest absolute Gasteiger partial charge is 0.320 e. The second-order valence-electron chi connectivity index (χ2n) is 4.30. The summed E-state index contributed by atoms with van der Waals surface area (Å²) in [6.45, 7) is 3.55. The number of pyridine rings is 1. The van der Waals surface area contributed by atoms with Crippen molar-refractivity contribution in [1.29, 1.82) is 0 Å². The zero-order valence-corrected chi connectivity index (χ0v) is 10.6. The number of nitrogens with zero attached hydrogens (tertiary/aromatic N) is 1. The van der Waals surface area contributed by atoms with Crippen molar-refractivity contribution >= 4 is 16.9 Å². The molecule has 0 radical (unpaired) electrons. The molecule has 4 nitrogen and oxygen atoms in total. The fourth-order valence-electron chi connectivity index (χ4n) is 1.30. The first-order chi connectivity index (χ1) is 8.52. The van der Waals surface area contributed by atoms with Gasteiger partial charge in [-0.3, -0.25) is 9.78 Å². The van der Waals surface area contributed by atoms with E-state index in [0.29, 0.717) is 0 Å². The summed E-state index contributed by atoms with van der Waals surface area (Å²) in [4.78, 5) is 14.2. The molecule has 0 spiro atoms. The molecule has 0 bridgehead atoms. The van der Waals surface area contributed by atoms with Gasteiger partial charge in [-0.25, -0.2) is 0 Å². The van der Waals surface area contributed by atoms with Gasteiger partial charge in [0.2, 0.25) is 0 Å². The molecule has 0 amide bonds. The summed E-state index contributed by atoms with van der Waals surface area (Å²) < 4.78 is 0. The second kappa shape index (κ2) is 6.71. The fraction of sp³-hybridized carbons (Fsp3) is 0.286. The van der Waals surface area contributed by atoms with Crippen LogP contribution in [0.5, 0.6) is 0 Å². The molecular formula is C14H18N2O2. The minimum Gasteiger partial charge on any atom is -0.480 e. The first kappa shape index (κ1) is 14.1. The summed E-state index contributed by atoms with van der Waals surface area (Å²) in [5.41, 5.74) is 6.22. The first-order valence-corrected chi connectivity index (χ1v) is 5.80. The molecule has 1 aromatic heterocycles. The van der Waals surface area contributed by atoms with Gasteiger partial charge in [-0.15, -0.1) is 0 Å². The Bertz CT molecular complexity index is 446. The Morgan fingerprint density at radius 1 is 1.22 bits per heavy atom. The van der Waals surface area contributed by atoms with E-state index in [2.05, 4.69) is 17.1 Å². The molecule has 18 heavy (non-hydrogen) atoms. The minimum atomic E-state index is -0.931. The maximum atomic E-state index is 10.0. The van der Waals surface area contributed by atoms with E-state index in [1.54, 1.807) is 13.8 Å². The zero-order valence-electron chi connectivity index (χ0n) is 10.6. The number of carbonyl (C=O) groups is 1. The van der Waals surface area contributed by atoms with Crippen molar-refractivity contribution < 1.29 is 9.90 Å². The molecule has 0 saturated heterocycles. The molecule has 96 valence electrons. The molecular weight excluding hydrogens is 228 g/mol. The number of nitrogens with two attached hydrogens (primary N) is 1. The Morgan fingerprint density at radius 2 is 1.83 bits per heavy atom. The number of para-hydroxylation sites is 1. The number of rotatable bonds is 2. The van der Waals surface area contributed by atoms with Gasteiger partial charge in [0.1, 0.15) is 6.04 Å². The molecule has 0 unspecified atom stereocenters. The lowest BCUT2D eigenvalue weighted by Crippen LogP contribution is -2.34. The van der Waals surface area contributed by atoms with Gasteiger partial charge in [-0.05, 0) is 18.1 Å². The van der Waals surface area contributed by atoms with Crippen LogP contribution in [0.3, 0.4) is 0 Å². The Morgan fingerprint density at radius 3 is 2.33 bits per heavy atom. The lowest BCUT2D eigenvalue weighted by Gasteiger charge is -2.07. The quantitative estimate of drug-likeness (QED) is 0.852. The van der Waals surface area contributed by atoms with E-state index in [-0.39, 0.29) is 5.92 Å². The largest absolute Gasteiger partial charge is 0.480 e. The number of hydrogen-bond acceptors (Lipinski definition) is 3. The molecule has 0 aliphatic rings. The molecule has 2 rings (SSSR count). The summed E-state index contributed by atoms with van der Waals surface area (Å²) in [5, 5.41) is 9.43. The van der Waals surface area contributed by atoms with E-state index < -0.39 is 12.0 Å². The number of aromatic nitrogens is 1.